The van der Waals surface area contributed by atoms with Crippen LogP contribution in [0.1, 0.15) is 46.0 Å². The van der Waals surface area contributed by atoms with Crippen LogP contribution in [0.2, 0.25) is 0 Å². The summed E-state index contributed by atoms with van der Waals surface area (Å²) < 4.78 is 0. The number of carbonyl (C=O) groups is 1. The molecule has 16 heavy (non-hydrogen) atoms. The van der Waals surface area contributed by atoms with Crippen molar-refractivity contribution in [3.63, 3.8) is 0 Å². The van der Waals surface area contributed by atoms with Crippen molar-refractivity contribution in [2.45, 2.75) is 46.0 Å². The van der Waals surface area contributed by atoms with Crippen LogP contribution < -0.4 is 0 Å². The summed E-state index contributed by atoms with van der Waals surface area (Å²) >= 11 is 0. The number of rotatable bonds is 2. The molecule has 0 unspecified atom stereocenters. The average Bonchev–Trinajstić information content (AvgIpc) is 2.56. The van der Waals surface area contributed by atoms with Crippen LogP contribution in [0.5, 0.6) is 0 Å². The Bertz CT molecular complexity index is 286. The van der Waals surface area contributed by atoms with E-state index >= 15 is 0 Å². The Balaban J connectivity index is 0.00000128. The number of fused-ring (bicyclic) bond motifs is 1. The molecule has 1 radical (unpaired) electrons. The monoisotopic (exact) mass is 294 g/mol. The van der Waals surface area contributed by atoms with Crippen molar-refractivity contribution in [2.24, 2.45) is 23.2 Å². The Hall–Kier alpha value is 0.514. The largest absolute Gasteiger partial charge is 0.514 e. The quantitative estimate of drug-likeness (QED) is 0.563. The van der Waals surface area contributed by atoms with Gasteiger partial charge in [0.05, 0.1) is 0 Å². The zero-order chi connectivity index (χ0) is 11.1. The van der Waals surface area contributed by atoms with Gasteiger partial charge in [-0.3, -0.25) is 5.57 Å². The van der Waals surface area contributed by atoms with Crippen LogP contribution in [0.15, 0.2) is 5.57 Å². The molecule has 0 spiro atoms. The predicted octanol–water partition coefficient (Wildman–Crippen LogP) is 3.39. The van der Waals surface area contributed by atoms with Crippen molar-refractivity contribution >= 4 is 6.29 Å². The molecule has 0 amide bonds. The smallest absolute Gasteiger partial charge is 0.123 e. The minimum atomic E-state index is 0. The van der Waals surface area contributed by atoms with Crippen molar-refractivity contribution in [2.75, 3.05) is 0 Å². The van der Waals surface area contributed by atoms with Crippen molar-refractivity contribution < 1.29 is 37.5 Å². The van der Waals surface area contributed by atoms with Crippen LogP contribution in [0.3, 0.4) is 0 Å². The fraction of sp³-hybridized carbons (Fsp3) is 0.786. The van der Waals surface area contributed by atoms with Crippen LogP contribution in [0.4, 0.5) is 0 Å². The Morgan fingerprint density at radius 3 is 2.81 bits per heavy atom. The molecule has 2 fully saturated rings. The normalized spacial score (nSPS) is 39.8. The van der Waals surface area contributed by atoms with Crippen LogP contribution in [0.25, 0.3) is 0 Å². The summed E-state index contributed by atoms with van der Waals surface area (Å²) in [6, 6.07) is 0. The van der Waals surface area contributed by atoms with E-state index in [1.807, 2.05) is 0 Å². The molecule has 2 aliphatic carbocycles. The molecule has 2 aliphatic rings. The summed E-state index contributed by atoms with van der Waals surface area (Å²) in [7, 11) is 0. The second-order valence-corrected chi connectivity index (χ2v) is 5.67. The molecule has 2 rings (SSSR count). The topological polar surface area (TPSA) is 17.1 Å². The first kappa shape index (κ1) is 14.6. The summed E-state index contributed by atoms with van der Waals surface area (Å²) in [5.41, 5.74) is 1.51. The van der Waals surface area contributed by atoms with Gasteiger partial charge in [-0.15, -0.1) is 0 Å². The molecule has 0 saturated heterocycles. The van der Waals surface area contributed by atoms with Crippen molar-refractivity contribution in [3.8, 4) is 0 Å². The standard InChI is InChI=1S/C14H21O.Y/c1-10-5-4-8-14(3)12(10)6-7-13(14)11(2)9-15;/h1,9,11-13H,4-8H2,2-3H3;/q-1;/t11-,12-,13+,14-;/m0./s1. The third-order valence-corrected chi connectivity index (χ3v) is 4.89. The fourth-order valence-corrected chi connectivity index (χ4v) is 4.04. The van der Waals surface area contributed by atoms with Crippen LogP contribution in [-0.4, -0.2) is 6.29 Å². The maximum absolute atomic E-state index is 11.0. The number of carbonyl (C=O) groups excluding carboxylic acids is 1. The first-order chi connectivity index (χ1) is 7.09. The van der Waals surface area contributed by atoms with Crippen LogP contribution in [0, 0.1) is 29.7 Å². The Morgan fingerprint density at radius 2 is 2.19 bits per heavy atom. The first-order valence-electron chi connectivity index (χ1n) is 6.16. The molecule has 2 heteroatoms. The summed E-state index contributed by atoms with van der Waals surface area (Å²) in [6.45, 7) is 10.6. The van der Waals surface area contributed by atoms with Crippen molar-refractivity contribution in [1.82, 2.24) is 0 Å². The minimum Gasteiger partial charge on any atom is -0.514 e. The molecule has 0 N–H and O–H groups in total. The third-order valence-electron chi connectivity index (χ3n) is 4.89. The zero-order valence-corrected chi connectivity index (χ0v) is 13.2. The predicted molar refractivity (Wildman–Crippen MR) is 61.2 cm³/mol. The van der Waals surface area contributed by atoms with Gasteiger partial charge in [0.15, 0.2) is 0 Å². The van der Waals surface area contributed by atoms with Gasteiger partial charge < -0.3 is 11.4 Å². The Kier molecular flexibility index (Phi) is 4.95. The average molecular weight is 294 g/mol. The van der Waals surface area contributed by atoms with Crippen LogP contribution in [-0.2, 0) is 37.5 Å². The molecule has 4 atom stereocenters. The van der Waals surface area contributed by atoms with E-state index in [2.05, 4.69) is 13.8 Å². The molecule has 0 aromatic heterocycles. The SMILES string of the molecule is [CH-]=C1CCC[C@]2(C)[C@@H]([C@@H](C)C=O)CC[C@@H]12.[Y]. The molecular formula is C14H21OY-. The molecule has 1 nitrogen and oxygen atoms in total. The second kappa shape index (κ2) is 5.44. The summed E-state index contributed by atoms with van der Waals surface area (Å²) in [5.74, 6) is 1.34. The van der Waals surface area contributed by atoms with E-state index in [9.17, 15) is 4.79 Å². The first-order valence-corrected chi connectivity index (χ1v) is 6.16. The van der Waals surface area contributed by atoms with Crippen LogP contribution >= 0.6 is 0 Å². The number of allylic oxidation sites excluding steroid dienone is 1. The van der Waals surface area contributed by atoms with Gasteiger partial charge in [0.25, 0.3) is 0 Å². The van der Waals surface area contributed by atoms with Gasteiger partial charge in [-0.2, -0.15) is 0 Å². The number of hydrogen-bond donors (Lipinski definition) is 0. The van der Waals surface area contributed by atoms with Crippen molar-refractivity contribution in [1.29, 1.82) is 0 Å². The van der Waals surface area contributed by atoms with Gasteiger partial charge in [0, 0.05) is 38.6 Å². The second-order valence-electron chi connectivity index (χ2n) is 5.67. The molecule has 2 saturated carbocycles. The van der Waals surface area contributed by atoms with Gasteiger partial charge in [0.1, 0.15) is 6.29 Å². The van der Waals surface area contributed by atoms with E-state index < -0.39 is 0 Å². The summed E-state index contributed by atoms with van der Waals surface area (Å²) in [6.07, 6.45) is 7.07. The Morgan fingerprint density at radius 1 is 1.50 bits per heavy atom. The van der Waals surface area contributed by atoms with E-state index in [1.165, 1.54) is 31.3 Å². The van der Waals surface area contributed by atoms with E-state index in [-0.39, 0.29) is 38.6 Å². The van der Waals surface area contributed by atoms with Gasteiger partial charge in [0.2, 0.25) is 0 Å². The van der Waals surface area contributed by atoms with E-state index in [1.54, 1.807) is 0 Å². The molecular weight excluding hydrogens is 273 g/mol. The summed E-state index contributed by atoms with van der Waals surface area (Å²) in [5, 5.41) is 0. The number of aldehydes is 1. The fourth-order valence-electron chi connectivity index (χ4n) is 4.04. The summed E-state index contributed by atoms with van der Waals surface area (Å²) in [4.78, 5) is 11.0. The number of hydrogen-bond acceptors (Lipinski definition) is 1. The maximum atomic E-state index is 11.0. The minimum absolute atomic E-state index is 0. The molecule has 0 aromatic rings. The third kappa shape index (κ3) is 2.23. The molecule has 0 aromatic carbocycles. The van der Waals surface area contributed by atoms with Gasteiger partial charge in [-0.1, -0.05) is 26.7 Å². The zero-order valence-electron chi connectivity index (χ0n) is 10.4. The molecule has 87 valence electrons. The van der Waals surface area contributed by atoms with Gasteiger partial charge in [-0.05, 0) is 36.5 Å². The van der Waals surface area contributed by atoms with Crippen molar-refractivity contribution in [3.05, 3.63) is 12.2 Å². The molecule has 0 aliphatic heterocycles. The van der Waals surface area contributed by atoms with Gasteiger partial charge in [-0.25, -0.2) is 0 Å². The Labute approximate surface area is 124 Å². The van der Waals surface area contributed by atoms with Gasteiger partial charge >= 0.3 is 0 Å². The maximum Gasteiger partial charge on any atom is 0.123 e. The molecule has 0 heterocycles. The molecule has 0 bridgehead atoms. The van der Waals surface area contributed by atoms with E-state index in [0.717, 1.165) is 12.7 Å². The van der Waals surface area contributed by atoms with E-state index in [0.29, 0.717) is 17.3 Å². The van der Waals surface area contributed by atoms with E-state index in [4.69, 9.17) is 6.58 Å².